The lowest BCUT2D eigenvalue weighted by molar-refractivity contribution is -0.708. The number of ether oxygens (including phenoxy) is 1. The number of nitro benzene ring substituents is 2. The van der Waals surface area contributed by atoms with Gasteiger partial charge in [-0.3, -0.25) is 25.1 Å². The summed E-state index contributed by atoms with van der Waals surface area (Å²) in [7, 11) is 0. The number of benzene rings is 1. The summed E-state index contributed by atoms with van der Waals surface area (Å²) in [6.45, 7) is 2.60. The molecular formula is C13H16N6O8. The average Bonchev–Trinajstić information content (AvgIpc) is 2.66. The van der Waals surface area contributed by atoms with Gasteiger partial charge in [0.1, 0.15) is 0 Å². The van der Waals surface area contributed by atoms with Gasteiger partial charge in [0.2, 0.25) is 11.0 Å². The number of piperazine rings is 1. The van der Waals surface area contributed by atoms with Gasteiger partial charge in [-0.25, -0.2) is 4.79 Å². The van der Waals surface area contributed by atoms with Crippen molar-refractivity contribution in [2.75, 3.05) is 32.8 Å². The summed E-state index contributed by atoms with van der Waals surface area (Å²) in [4.78, 5) is 38.0. The van der Waals surface area contributed by atoms with Crippen molar-refractivity contribution < 1.29 is 29.2 Å². The van der Waals surface area contributed by atoms with Crippen LogP contribution in [0.15, 0.2) is 23.5 Å². The van der Waals surface area contributed by atoms with E-state index < -0.39 is 33.1 Å². The number of amides is 1. The van der Waals surface area contributed by atoms with Crippen LogP contribution < -0.4 is 4.84 Å². The standard InChI is InChI=1S/C13H16N6O8/c1-2-26-13(20)15-5-7-16(8-6-15)19(25)14-27-12-9-10(17(21)22)3-4-11(12)18(23)24/h3-4,9H,2,5-8H2,1H3/b19-14-. The van der Waals surface area contributed by atoms with Crippen LogP contribution in [0.25, 0.3) is 0 Å². The van der Waals surface area contributed by atoms with Crippen LogP contribution in [-0.2, 0) is 4.74 Å². The SMILES string of the molecule is CCOC(=O)N1CCN(/[N+]([O-])=N/Oc2cc([N+](=O)[O-])ccc2[N+](=O)[O-])CC1. The molecule has 146 valence electrons. The summed E-state index contributed by atoms with van der Waals surface area (Å²) < 4.78 is 4.86. The van der Waals surface area contributed by atoms with Gasteiger partial charge in [0, 0.05) is 25.2 Å². The van der Waals surface area contributed by atoms with Crippen LogP contribution in [-0.4, -0.2) is 63.6 Å². The highest BCUT2D eigenvalue weighted by Gasteiger charge is 2.27. The van der Waals surface area contributed by atoms with Crippen LogP contribution in [0.3, 0.4) is 0 Å². The largest absolute Gasteiger partial charge is 0.569 e. The second-order valence-electron chi connectivity index (χ2n) is 5.23. The van der Waals surface area contributed by atoms with E-state index in [1.54, 1.807) is 6.92 Å². The lowest BCUT2D eigenvalue weighted by Crippen LogP contribution is -2.50. The maximum absolute atomic E-state index is 12.0. The van der Waals surface area contributed by atoms with E-state index in [0.29, 0.717) is 0 Å². The minimum atomic E-state index is -0.818. The third kappa shape index (κ3) is 4.90. The lowest BCUT2D eigenvalue weighted by Gasteiger charge is -2.30. The molecule has 0 aliphatic carbocycles. The van der Waals surface area contributed by atoms with Crippen molar-refractivity contribution >= 4 is 17.5 Å². The van der Waals surface area contributed by atoms with Gasteiger partial charge < -0.3 is 14.8 Å². The molecule has 0 spiro atoms. The van der Waals surface area contributed by atoms with Gasteiger partial charge in [-0.2, -0.15) is 0 Å². The highest BCUT2D eigenvalue weighted by atomic mass is 16.7. The first-order valence-electron chi connectivity index (χ1n) is 7.78. The van der Waals surface area contributed by atoms with E-state index in [9.17, 15) is 30.2 Å². The first-order valence-corrected chi connectivity index (χ1v) is 7.78. The fourth-order valence-electron chi connectivity index (χ4n) is 2.24. The van der Waals surface area contributed by atoms with Gasteiger partial charge in [0.15, 0.2) is 0 Å². The van der Waals surface area contributed by atoms with Crippen molar-refractivity contribution in [3.8, 4) is 5.75 Å². The van der Waals surface area contributed by atoms with E-state index in [-0.39, 0.29) is 37.8 Å². The molecule has 0 atom stereocenters. The zero-order valence-electron chi connectivity index (χ0n) is 14.2. The number of nitro groups is 2. The normalized spacial score (nSPS) is 14.6. The molecule has 0 bridgehead atoms. The number of nitrogens with zero attached hydrogens (tertiary/aromatic N) is 6. The number of hydrogen-bond acceptors (Lipinski definition) is 9. The van der Waals surface area contributed by atoms with Crippen molar-refractivity contribution in [2.24, 2.45) is 5.28 Å². The maximum atomic E-state index is 12.0. The smallest absolute Gasteiger partial charge is 0.409 e. The van der Waals surface area contributed by atoms with E-state index in [0.717, 1.165) is 18.2 Å². The lowest BCUT2D eigenvalue weighted by atomic mass is 10.2. The second-order valence-corrected chi connectivity index (χ2v) is 5.23. The second kappa shape index (κ2) is 8.59. The van der Waals surface area contributed by atoms with Crippen LogP contribution in [0.2, 0.25) is 0 Å². The number of hydrazine groups is 1. The van der Waals surface area contributed by atoms with Gasteiger partial charge in [0.05, 0.1) is 40.6 Å². The Morgan fingerprint density at radius 2 is 1.81 bits per heavy atom. The van der Waals surface area contributed by atoms with Crippen molar-refractivity contribution in [2.45, 2.75) is 6.92 Å². The summed E-state index contributed by atoms with van der Waals surface area (Å²) in [5, 5.41) is 38.1. The monoisotopic (exact) mass is 384 g/mol. The molecule has 1 saturated heterocycles. The molecule has 0 radical (unpaired) electrons. The molecule has 0 saturated carbocycles. The fraction of sp³-hybridized carbons (Fsp3) is 0.462. The van der Waals surface area contributed by atoms with Crippen molar-refractivity contribution in [3.63, 3.8) is 0 Å². The first-order chi connectivity index (χ1) is 12.8. The molecule has 14 nitrogen and oxygen atoms in total. The molecule has 1 fully saturated rings. The predicted molar refractivity (Wildman–Crippen MR) is 86.6 cm³/mol. The minimum absolute atomic E-state index is 0.0745. The molecule has 1 amide bonds. The number of carbonyl (C=O) groups is 1. The van der Waals surface area contributed by atoms with E-state index in [1.165, 1.54) is 9.91 Å². The van der Waals surface area contributed by atoms with E-state index >= 15 is 0 Å². The number of rotatable bonds is 6. The topological polar surface area (TPSA) is 167 Å². The molecule has 14 heteroatoms. The number of non-ortho nitro benzene ring substituents is 1. The highest BCUT2D eigenvalue weighted by Crippen LogP contribution is 2.31. The average molecular weight is 384 g/mol. The Labute approximate surface area is 152 Å². The Morgan fingerprint density at radius 1 is 1.15 bits per heavy atom. The molecule has 1 aliphatic rings. The Hall–Kier alpha value is -3.71. The molecule has 27 heavy (non-hydrogen) atoms. The summed E-state index contributed by atoms with van der Waals surface area (Å²) in [6.07, 6.45) is -0.491. The molecule has 1 aliphatic heterocycles. The summed E-state index contributed by atoms with van der Waals surface area (Å²) in [5.74, 6) is -0.541. The molecule has 1 aromatic rings. The number of carbonyl (C=O) groups excluding carboxylic acids is 1. The Bertz CT molecular complexity index is 761. The molecular weight excluding hydrogens is 368 g/mol. The van der Waals surface area contributed by atoms with Crippen molar-refractivity contribution in [3.05, 3.63) is 43.6 Å². The van der Waals surface area contributed by atoms with Gasteiger partial charge in [-0.1, -0.05) is 0 Å². The molecule has 2 rings (SSSR count). The van der Waals surface area contributed by atoms with Gasteiger partial charge >= 0.3 is 11.8 Å². The zero-order valence-corrected chi connectivity index (χ0v) is 14.2. The first kappa shape index (κ1) is 19.6. The molecule has 1 aromatic carbocycles. The Kier molecular flexibility index (Phi) is 6.24. The Balaban J connectivity index is 2.05. The summed E-state index contributed by atoms with van der Waals surface area (Å²) in [6, 6.07) is 2.62. The number of hydrogen-bond donors (Lipinski definition) is 0. The summed E-state index contributed by atoms with van der Waals surface area (Å²) in [5.41, 5.74) is -1.03. The molecule has 0 aromatic heterocycles. The summed E-state index contributed by atoms with van der Waals surface area (Å²) >= 11 is 0. The highest BCUT2D eigenvalue weighted by molar-refractivity contribution is 5.67. The van der Waals surface area contributed by atoms with Crippen LogP contribution in [0, 0.1) is 25.4 Å². The van der Waals surface area contributed by atoms with E-state index in [4.69, 9.17) is 9.57 Å². The zero-order chi connectivity index (χ0) is 20.0. The minimum Gasteiger partial charge on any atom is -0.569 e. The van der Waals surface area contributed by atoms with E-state index in [1.807, 2.05) is 0 Å². The predicted octanol–water partition coefficient (Wildman–Crippen LogP) is 1.45. The molecule has 0 N–H and O–H groups in total. The fourth-order valence-corrected chi connectivity index (χ4v) is 2.24. The Morgan fingerprint density at radius 3 is 2.37 bits per heavy atom. The van der Waals surface area contributed by atoms with Crippen LogP contribution in [0.5, 0.6) is 5.75 Å². The third-order valence-corrected chi connectivity index (χ3v) is 3.58. The van der Waals surface area contributed by atoms with E-state index in [2.05, 4.69) is 5.28 Å². The molecule has 1 heterocycles. The van der Waals surface area contributed by atoms with Gasteiger partial charge in [-0.15, -0.1) is 5.01 Å². The van der Waals surface area contributed by atoms with Crippen molar-refractivity contribution in [1.82, 2.24) is 9.91 Å². The maximum Gasteiger partial charge on any atom is 0.409 e. The van der Waals surface area contributed by atoms with Crippen LogP contribution >= 0.6 is 0 Å². The van der Waals surface area contributed by atoms with Crippen LogP contribution in [0.1, 0.15) is 6.92 Å². The van der Waals surface area contributed by atoms with Crippen molar-refractivity contribution in [1.29, 1.82) is 0 Å². The quantitative estimate of drug-likeness (QED) is 0.305. The van der Waals surface area contributed by atoms with Gasteiger partial charge in [-0.05, 0) is 6.92 Å². The van der Waals surface area contributed by atoms with Crippen LogP contribution in [0.4, 0.5) is 16.2 Å². The van der Waals surface area contributed by atoms with Gasteiger partial charge in [0.25, 0.3) is 5.69 Å². The molecule has 0 unspecified atom stereocenters. The third-order valence-electron chi connectivity index (χ3n) is 3.58.